The van der Waals surface area contributed by atoms with Gasteiger partial charge in [-0.05, 0) is 76.9 Å². The Hall–Kier alpha value is -1.46. The number of ketones is 1. The molecular weight excluding hydrogens is 392 g/mol. The lowest BCUT2D eigenvalue weighted by Crippen LogP contribution is -2.65. The molecule has 31 heavy (non-hydrogen) atoms. The number of fused-ring (bicyclic) bond motifs is 5. The van der Waals surface area contributed by atoms with E-state index in [0.29, 0.717) is 32.1 Å². The van der Waals surface area contributed by atoms with Gasteiger partial charge >= 0.3 is 5.97 Å². The van der Waals surface area contributed by atoms with Crippen LogP contribution >= 0.6 is 0 Å². The lowest BCUT2D eigenvalue weighted by molar-refractivity contribution is -0.225. The molecule has 0 aliphatic heterocycles. The van der Waals surface area contributed by atoms with Gasteiger partial charge in [-0.2, -0.15) is 0 Å². The Morgan fingerprint density at radius 1 is 1.23 bits per heavy atom. The Balaban J connectivity index is 1.76. The van der Waals surface area contributed by atoms with E-state index in [2.05, 4.69) is 19.9 Å². The van der Waals surface area contributed by atoms with Crippen LogP contribution in [-0.2, 0) is 14.3 Å². The van der Waals surface area contributed by atoms with Crippen LogP contribution in [0.2, 0.25) is 0 Å². The number of allylic oxidation sites excluding steroid dienone is 2. The number of esters is 1. The summed E-state index contributed by atoms with van der Waals surface area (Å²) >= 11 is 0. The van der Waals surface area contributed by atoms with Gasteiger partial charge in [-0.3, -0.25) is 9.59 Å². The van der Waals surface area contributed by atoms with Crippen molar-refractivity contribution < 1.29 is 24.5 Å². The molecule has 0 unspecified atom stereocenters. The van der Waals surface area contributed by atoms with E-state index in [-0.39, 0.29) is 30.2 Å². The zero-order valence-electron chi connectivity index (χ0n) is 19.7. The Bertz CT molecular complexity index is 850. The Labute approximate surface area is 185 Å². The van der Waals surface area contributed by atoms with E-state index in [1.165, 1.54) is 0 Å². The number of ether oxygens (including phenoxy) is 1. The summed E-state index contributed by atoms with van der Waals surface area (Å²) < 4.78 is 6.27. The molecule has 0 aromatic carbocycles. The third-order valence-corrected chi connectivity index (χ3v) is 9.47. The number of hydrogen-bond acceptors (Lipinski definition) is 5. The van der Waals surface area contributed by atoms with Crippen molar-refractivity contribution in [1.82, 2.24) is 0 Å². The Morgan fingerprint density at radius 3 is 2.55 bits per heavy atom. The van der Waals surface area contributed by atoms with Crippen molar-refractivity contribution in [1.29, 1.82) is 0 Å². The van der Waals surface area contributed by atoms with Crippen LogP contribution in [-0.4, -0.2) is 39.8 Å². The Morgan fingerprint density at radius 2 is 1.94 bits per heavy atom. The molecule has 4 rings (SSSR count). The summed E-state index contributed by atoms with van der Waals surface area (Å²) in [5.74, 6) is -0.165. The minimum atomic E-state index is -1.02. The summed E-state index contributed by atoms with van der Waals surface area (Å²) in [5.41, 5.74) is -2.44. The molecule has 0 aromatic heterocycles. The van der Waals surface area contributed by atoms with Crippen LogP contribution in [0.1, 0.15) is 79.6 Å². The topological polar surface area (TPSA) is 83.8 Å². The molecule has 0 spiro atoms. The van der Waals surface area contributed by atoms with E-state index in [9.17, 15) is 19.8 Å². The minimum Gasteiger partial charge on any atom is -0.458 e. The zero-order valence-corrected chi connectivity index (χ0v) is 19.7. The van der Waals surface area contributed by atoms with Gasteiger partial charge in [0.15, 0.2) is 5.78 Å². The molecule has 5 heteroatoms. The van der Waals surface area contributed by atoms with E-state index in [4.69, 9.17) is 4.74 Å². The monoisotopic (exact) mass is 430 g/mol. The molecule has 2 N–H and O–H groups in total. The molecule has 0 amide bonds. The number of hydrogen-bond donors (Lipinski definition) is 2. The number of carbonyl (C=O) groups excluding carboxylic acids is 2. The van der Waals surface area contributed by atoms with Crippen molar-refractivity contribution in [3.8, 4) is 0 Å². The maximum absolute atomic E-state index is 12.9. The maximum atomic E-state index is 12.9. The van der Waals surface area contributed by atoms with Crippen LogP contribution in [0.25, 0.3) is 0 Å². The SMILES string of the molecule is CC[C@]1(OC(=O)C(C)(C)C)CC[C@]2(O)[C@@H]3C=CC4=CC(=O)CC[C@]4(CO)[C@H]3CC[C@]12C. The molecular formula is C26H38O5. The van der Waals surface area contributed by atoms with E-state index >= 15 is 0 Å². The van der Waals surface area contributed by atoms with Gasteiger partial charge in [-0.15, -0.1) is 0 Å². The molecule has 172 valence electrons. The summed E-state index contributed by atoms with van der Waals surface area (Å²) in [5, 5.41) is 22.8. The molecule has 0 bridgehead atoms. The summed E-state index contributed by atoms with van der Waals surface area (Å²) in [6.45, 7) is 9.75. The highest BCUT2D eigenvalue weighted by Crippen LogP contribution is 2.69. The Kier molecular flexibility index (Phi) is 5.14. The van der Waals surface area contributed by atoms with E-state index in [1.54, 1.807) is 6.08 Å². The van der Waals surface area contributed by atoms with Gasteiger partial charge in [0.2, 0.25) is 0 Å². The van der Waals surface area contributed by atoms with Gasteiger partial charge in [-0.1, -0.05) is 26.0 Å². The van der Waals surface area contributed by atoms with Gasteiger partial charge in [0.25, 0.3) is 0 Å². The lowest BCUT2D eigenvalue weighted by atomic mass is 9.46. The molecule has 0 aromatic rings. The van der Waals surface area contributed by atoms with Gasteiger partial charge < -0.3 is 14.9 Å². The van der Waals surface area contributed by atoms with Crippen molar-refractivity contribution in [3.63, 3.8) is 0 Å². The first kappa shape index (κ1) is 22.7. The highest BCUT2D eigenvalue weighted by Gasteiger charge is 2.72. The lowest BCUT2D eigenvalue weighted by Gasteiger charge is -2.61. The summed E-state index contributed by atoms with van der Waals surface area (Å²) in [6, 6.07) is 0. The molecule has 4 aliphatic rings. The van der Waals surface area contributed by atoms with Crippen molar-refractivity contribution in [2.24, 2.45) is 28.1 Å². The highest BCUT2D eigenvalue weighted by molar-refractivity contribution is 5.92. The average molecular weight is 431 g/mol. The number of aliphatic hydroxyl groups is 2. The van der Waals surface area contributed by atoms with Gasteiger partial charge in [-0.25, -0.2) is 0 Å². The van der Waals surface area contributed by atoms with Crippen LogP contribution in [0.15, 0.2) is 23.8 Å². The van der Waals surface area contributed by atoms with Crippen molar-refractivity contribution >= 4 is 11.8 Å². The van der Waals surface area contributed by atoms with Crippen LogP contribution < -0.4 is 0 Å². The van der Waals surface area contributed by atoms with Gasteiger partial charge in [0, 0.05) is 23.2 Å². The second kappa shape index (κ2) is 7.02. The predicted octanol–water partition coefficient (Wildman–Crippen LogP) is 4.12. The molecule has 2 saturated carbocycles. The van der Waals surface area contributed by atoms with Gasteiger partial charge in [0.05, 0.1) is 17.6 Å². The van der Waals surface area contributed by atoms with Crippen molar-refractivity contribution in [3.05, 3.63) is 23.8 Å². The quantitative estimate of drug-likeness (QED) is 0.658. The van der Waals surface area contributed by atoms with Crippen molar-refractivity contribution in [2.75, 3.05) is 6.61 Å². The molecule has 5 nitrogen and oxygen atoms in total. The predicted molar refractivity (Wildman–Crippen MR) is 118 cm³/mol. The second-order valence-electron chi connectivity index (χ2n) is 11.7. The second-order valence-corrected chi connectivity index (χ2v) is 11.7. The number of carbonyl (C=O) groups is 2. The van der Waals surface area contributed by atoms with E-state index in [0.717, 1.165) is 18.4 Å². The average Bonchev–Trinajstić information content (AvgIpc) is 2.95. The highest BCUT2D eigenvalue weighted by atomic mass is 16.6. The maximum Gasteiger partial charge on any atom is 0.311 e. The largest absolute Gasteiger partial charge is 0.458 e. The summed E-state index contributed by atoms with van der Waals surface area (Å²) in [6.07, 6.45) is 10.2. The normalized spacial score (nSPS) is 44.2. The number of aliphatic hydroxyl groups excluding tert-OH is 1. The zero-order chi connectivity index (χ0) is 22.9. The smallest absolute Gasteiger partial charge is 0.311 e. The fourth-order valence-electron chi connectivity index (χ4n) is 7.31. The fraction of sp³-hybridized carbons (Fsp3) is 0.769. The molecule has 6 atom stereocenters. The van der Waals surface area contributed by atoms with Crippen LogP contribution in [0, 0.1) is 28.1 Å². The standard InChI is InChI=1S/C26H38O5/c1-6-25(31-21(29)22(2,3)4)13-14-26(30)20-8-7-17-15-18(28)9-12-24(17,16-27)19(20)10-11-23(25,26)5/h7-8,15,19-20,27,30H,6,9-14,16H2,1-5H3/t19-,20+,23+,24+,25-,26-/m0/s1. The third-order valence-electron chi connectivity index (χ3n) is 9.47. The van der Waals surface area contributed by atoms with E-state index < -0.39 is 27.4 Å². The summed E-state index contributed by atoms with van der Waals surface area (Å²) in [4.78, 5) is 25.0. The minimum absolute atomic E-state index is 0.0116. The van der Waals surface area contributed by atoms with Gasteiger partial charge in [0.1, 0.15) is 5.60 Å². The molecule has 0 saturated heterocycles. The van der Waals surface area contributed by atoms with E-state index in [1.807, 2.05) is 26.8 Å². The first-order valence-electron chi connectivity index (χ1n) is 11.9. The van der Waals surface area contributed by atoms with Crippen molar-refractivity contribution in [2.45, 2.75) is 90.8 Å². The van der Waals surface area contributed by atoms with Crippen LogP contribution in [0.3, 0.4) is 0 Å². The first-order chi connectivity index (χ1) is 14.4. The fourth-order valence-corrected chi connectivity index (χ4v) is 7.31. The first-order valence-corrected chi connectivity index (χ1v) is 11.9. The molecule has 0 heterocycles. The number of rotatable bonds is 3. The molecule has 2 fully saturated rings. The third kappa shape index (κ3) is 2.88. The summed E-state index contributed by atoms with van der Waals surface area (Å²) in [7, 11) is 0. The molecule has 0 radical (unpaired) electrons. The van der Waals surface area contributed by atoms with Crippen LogP contribution in [0.5, 0.6) is 0 Å². The molecule has 4 aliphatic carbocycles. The van der Waals surface area contributed by atoms with Crippen LogP contribution in [0.4, 0.5) is 0 Å².